The average molecular weight is 370 g/mol. The van der Waals surface area contributed by atoms with E-state index in [4.69, 9.17) is 0 Å². The quantitative estimate of drug-likeness (QED) is 0.393. The first-order chi connectivity index (χ1) is 11.1. The molecule has 0 unspecified atom stereocenters. The van der Waals surface area contributed by atoms with Crippen LogP contribution in [0.2, 0.25) is 25.7 Å². The Morgan fingerprint density at radius 2 is 1.96 bits per heavy atom. The van der Waals surface area contributed by atoms with E-state index in [0.717, 1.165) is 25.2 Å². The first kappa shape index (κ1) is 19.6. The minimum atomic E-state index is -3.32. The number of rotatable bonds is 7. The van der Waals surface area contributed by atoms with Gasteiger partial charge in [0.2, 0.25) is 10.0 Å². The van der Waals surface area contributed by atoms with E-state index in [1.807, 2.05) is 0 Å². The highest BCUT2D eigenvalue weighted by molar-refractivity contribution is 7.89. The zero-order valence-electron chi connectivity index (χ0n) is 15.2. The third-order valence-corrected chi connectivity index (χ3v) is 9.37. The SMILES string of the molecule is C=CC[C@@]1(C=O)CN(S(=O)(=O)CC[Si](C)(C)C)C[C@@H]2CC=CC[C@@H]21. The Hall–Kier alpha value is -0.723. The van der Waals surface area contributed by atoms with Crippen molar-refractivity contribution in [3.8, 4) is 0 Å². The predicted molar refractivity (Wildman–Crippen MR) is 102 cm³/mol. The summed E-state index contributed by atoms with van der Waals surface area (Å²) in [5.74, 6) is 0.663. The van der Waals surface area contributed by atoms with E-state index in [1.165, 1.54) is 0 Å². The van der Waals surface area contributed by atoms with E-state index in [-0.39, 0.29) is 17.6 Å². The van der Waals surface area contributed by atoms with Crippen molar-refractivity contribution >= 4 is 24.4 Å². The van der Waals surface area contributed by atoms with Gasteiger partial charge < -0.3 is 4.79 Å². The van der Waals surface area contributed by atoms with Gasteiger partial charge in [-0.1, -0.05) is 37.9 Å². The molecule has 0 radical (unpaired) electrons. The van der Waals surface area contributed by atoms with E-state index >= 15 is 0 Å². The summed E-state index contributed by atoms with van der Waals surface area (Å²) in [6.07, 6.45) is 9.30. The summed E-state index contributed by atoms with van der Waals surface area (Å²) in [4.78, 5) is 12.0. The van der Waals surface area contributed by atoms with E-state index in [0.29, 0.717) is 19.5 Å². The Balaban J connectivity index is 2.27. The number of allylic oxidation sites excluding steroid dienone is 3. The molecule has 0 saturated carbocycles. The van der Waals surface area contributed by atoms with Gasteiger partial charge in [-0.2, -0.15) is 0 Å². The van der Waals surface area contributed by atoms with Gasteiger partial charge in [0.15, 0.2) is 0 Å². The minimum absolute atomic E-state index is 0.207. The third kappa shape index (κ3) is 4.27. The zero-order valence-corrected chi connectivity index (χ0v) is 17.0. The fourth-order valence-corrected chi connectivity index (χ4v) is 8.58. The van der Waals surface area contributed by atoms with Crippen LogP contribution in [0.5, 0.6) is 0 Å². The molecule has 4 nitrogen and oxygen atoms in total. The summed E-state index contributed by atoms with van der Waals surface area (Å²) in [6, 6.07) is 0.759. The summed E-state index contributed by atoms with van der Waals surface area (Å²) in [7, 11) is -4.74. The molecule has 24 heavy (non-hydrogen) atoms. The van der Waals surface area contributed by atoms with Crippen LogP contribution in [-0.4, -0.2) is 45.9 Å². The van der Waals surface area contributed by atoms with Gasteiger partial charge in [0.05, 0.1) is 5.75 Å². The van der Waals surface area contributed by atoms with Crippen LogP contribution in [0.4, 0.5) is 0 Å². The number of hydrogen-bond donors (Lipinski definition) is 0. The summed E-state index contributed by atoms with van der Waals surface area (Å²) in [6.45, 7) is 11.2. The van der Waals surface area contributed by atoms with Gasteiger partial charge in [-0.25, -0.2) is 12.7 Å². The number of sulfonamides is 1. The zero-order chi connectivity index (χ0) is 18.0. The molecular weight excluding hydrogens is 338 g/mol. The van der Waals surface area contributed by atoms with Crippen LogP contribution in [0.3, 0.4) is 0 Å². The third-order valence-electron chi connectivity index (χ3n) is 5.47. The number of aldehydes is 1. The Morgan fingerprint density at radius 1 is 1.29 bits per heavy atom. The summed E-state index contributed by atoms with van der Waals surface area (Å²) in [5, 5.41) is 0. The molecule has 1 heterocycles. The summed E-state index contributed by atoms with van der Waals surface area (Å²) in [5.41, 5.74) is -0.623. The lowest BCUT2D eigenvalue weighted by Crippen LogP contribution is -2.56. The molecule has 0 aromatic heterocycles. The molecule has 0 aromatic rings. The first-order valence-electron chi connectivity index (χ1n) is 8.84. The molecule has 0 aromatic carbocycles. The number of nitrogens with zero attached hydrogens (tertiary/aromatic N) is 1. The van der Waals surface area contributed by atoms with Crippen LogP contribution in [-0.2, 0) is 14.8 Å². The van der Waals surface area contributed by atoms with Crippen LogP contribution in [0.1, 0.15) is 19.3 Å². The van der Waals surface area contributed by atoms with Crippen LogP contribution in [0, 0.1) is 17.3 Å². The van der Waals surface area contributed by atoms with Crippen molar-refractivity contribution in [3.05, 3.63) is 24.8 Å². The van der Waals surface area contributed by atoms with Crippen molar-refractivity contribution in [2.24, 2.45) is 17.3 Å². The Bertz CT molecular complexity index is 608. The number of carbonyl (C=O) groups is 1. The monoisotopic (exact) mass is 369 g/mol. The molecule has 3 atom stereocenters. The molecule has 0 N–H and O–H groups in total. The maximum atomic E-state index is 12.9. The predicted octanol–water partition coefficient (Wildman–Crippen LogP) is 3.31. The van der Waals surface area contributed by atoms with Crippen molar-refractivity contribution in [2.45, 2.75) is 44.9 Å². The molecule has 1 aliphatic heterocycles. The molecule has 0 amide bonds. The lowest BCUT2D eigenvalue weighted by atomic mass is 9.62. The highest BCUT2D eigenvalue weighted by Gasteiger charge is 2.49. The summed E-state index contributed by atoms with van der Waals surface area (Å²) >= 11 is 0. The van der Waals surface area contributed by atoms with E-state index in [1.54, 1.807) is 10.4 Å². The van der Waals surface area contributed by atoms with Gasteiger partial charge in [-0.15, -0.1) is 6.58 Å². The summed E-state index contributed by atoms with van der Waals surface area (Å²) < 4.78 is 27.4. The average Bonchev–Trinajstić information content (AvgIpc) is 2.52. The topological polar surface area (TPSA) is 54.5 Å². The van der Waals surface area contributed by atoms with Crippen LogP contribution >= 0.6 is 0 Å². The van der Waals surface area contributed by atoms with Crippen molar-refractivity contribution in [1.29, 1.82) is 0 Å². The molecule has 136 valence electrons. The number of carbonyl (C=O) groups excluding carboxylic acids is 1. The van der Waals surface area contributed by atoms with Gasteiger partial charge in [-0.3, -0.25) is 0 Å². The second-order valence-corrected chi connectivity index (χ2v) is 16.3. The number of piperidine rings is 1. The van der Waals surface area contributed by atoms with Crippen molar-refractivity contribution in [1.82, 2.24) is 4.31 Å². The van der Waals surface area contributed by atoms with Gasteiger partial charge in [-0.05, 0) is 37.1 Å². The van der Waals surface area contributed by atoms with Crippen molar-refractivity contribution in [2.75, 3.05) is 18.8 Å². The number of hydrogen-bond acceptors (Lipinski definition) is 3. The normalized spacial score (nSPS) is 31.5. The molecule has 6 heteroatoms. The van der Waals surface area contributed by atoms with Gasteiger partial charge in [0, 0.05) is 26.6 Å². The molecule has 0 spiro atoms. The number of fused-ring (bicyclic) bond motifs is 1. The van der Waals surface area contributed by atoms with E-state index < -0.39 is 23.5 Å². The van der Waals surface area contributed by atoms with Gasteiger partial charge >= 0.3 is 0 Å². The van der Waals surface area contributed by atoms with Crippen molar-refractivity contribution < 1.29 is 13.2 Å². The highest BCUT2D eigenvalue weighted by atomic mass is 32.2. The first-order valence-corrected chi connectivity index (χ1v) is 14.2. The maximum absolute atomic E-state index is 12.9. The molecule has 1 aliphatic carbocycles. The Morgan fingerprint density at radius 3 is 2.54 bits per heavy atom. The minimum Gasteiger partial charge on any atom is -0.303 e. The molecule has 1 fully saturated rings. The van der Waals surface area contributed by atoms with Crippen LogP contribution in [0.25, 0.3) is 0 Å². The molecular formula is C18H31NO3SSi. The fraction of sp³-hybridized carbons (Fsp3) is 0.722. The molecule has 2 rings (SSSR count). The largest absolute Gasteiger partial charge is 0.303 e. The van der Waals surface area contributed by atoms with Crippen LogP contribution < -0.4 is 0 Å². The Kier molecular flexibility index (Phi) is 5.93. The highest BCUT2D eigenvalue weighted by Crippen LogP contribution is 2.46. The molecule has 1 saturated heterocycles. The van der Waals surface area contributed by atoms with E-state index in [9.17, 15) is 13.2 Å². The van der Waals surface area contributed by atoms with Crippen LogP contribution in [0.15, 0.2) is 24.8 Å². The second kappa shape index (κ2) is 7.26. The second-order valence-electron chi connectivity index (χ2n) is 8.57. The lowest BCUT2D eigenvalue weighted by Gasteiger charge is -2.49. The molecule has 0 bridgehead atoms. The smallest absolute Gasteiger partial charge is 0.213 e. The fourth-order valence-electron chi connectivity index (χ4n) is 3.98. The van der Waals surface area contributed by atoms with E-state index in [2.05, 4.69) is 38.4 Å². The standard InChI is InChI=1S/C18H31NO3SSi/c1-5-10-18(15-20)14-19(13-16-8-6-7-9-17(16)18)23(21,22)11-12-24(2,3)4/h5-7,15-17H,1,8-14H2,2-4H3/t16-,17-,18-/m0/s1. The lowest BCUT2D eigenvalue weighted by molar-refractivity contribution is -0.124. The van der Waals surface area contributed by atoms with Crippen molar-refractivity contribution in [3.63, 3.8) is 0 Å². The molecule has 2 aliphatic rings. The van der Waals surface area contributed by atoms with Gasteiger partial charge in [0.25, 0.3) is 0 Å². The van der Waals surface area contributed by atoms with Gasteiger partial charge in [0.1, 0.15) is 6.29 Å². The maximum Gasteiger partial charge on any atom is 0.213 e. The Labute approximate surface area is 148 Å².